The molecule has 0 bridgehead atoms. The number of halogens is 2. The second kappa shape index (κ2) is 7.18. The molecule has 1 rings (SSSR count). The lowest BCUT2D eigenvalue weighted by atomic mass is 10.2. The van der Waals surface area contributed by atoms with E-state index in [0.717, 1.165) is 0 Å². The number of methoxy groups -OCH3 is 1. The lowest BCUT2D eigenvalue weighted by Crippen LogP contribution is -2.39. The zero-order valence-electron chi connectivity index (χ0n) is 10.3. The van der Waals surface area contributed by atoms with Crippen LogP contribution in [-0.2, 0) is 9.53 Å². The summed E-state index contributed by atoms with van der Waals surface area (Å²) in [4.78, 5) is 11.6. The summed E-state index contributed by atoms with van der Waals surface area (Å²) in [6, 6.07) is 3.70. The van der Waals surface area contributed by atoms with Crippen molar-refractivity contribution in [2.45, 2.75) is 13.0 Å². The van der Waals surface area contributed by atoms with Crippen molar-refractivity contribution in [3.63, 3.8) is 0 Å². The van der Waals surface area contributed by atoms with Gasteiger partial charge in [-0.05, 0) is 25.1 Å². The fourth-order valence-electron chi connectivity index (χ4n) is 1.33. The monoisotopic (exact) mass is 274 g/mol. The molecule has 0 spiro atoms. The third kappa shape index (κ3) is 4.50. The first kappa shape index (κ1) is 14.7. The van der Waals surface area contributed by atoms with Crippen LogP contribution < -0.4 is 10.6 Å². The second-order valence-corrected chi connectivity index (χ2v) is 4.21. The molecular formula is C12H16ClFN2O2. The molecule has 18 heavy (non-hydrogen) atoms. The highest BCUT2D eigenvalue weighted by Crippen LogP contribution is 2.19. The molecule has 2 N–H and O–H groups in total. The Labute approximate surface area is 110 Å². The predicted molar refractivity (Wildman–Crippen MR) is 69.4 cm³/mol. The summed E-state index contributed by atoms with van der Waals surface area (Å²) in [6.45, 7) is 2.51. The lowest BCUT2D eigenvalue weighted by molar-refractivity contribution is -0.121. The number of benzene rings is 1. The number of nitrogens with one attached hydrogen (secondary N) is 2. The minimum absolute atomic E-state index is 0.221. The minimum Gasteiger partial charge on any atom is -0.383 e. The van der Waals surface area contributed by atoms with E-state index >= 15 is 0 Å². The Balaban J connectivity index is 2.53. The molecule has 0 aliphatic carbocycles. The maximum Gasteiger partial charge on any atom is 0.242 e. The van der Waals surface area contributed by atoms with Crippen LogP contribution in [0.4, 0.5) is 10.1 Å². The van der Waals surface area contributed by atoms with E-state index in [1.807, 2.05) is 0 Å². The van der Waals surface area contributed by atoms with Gasteiger partial charge in [0.1, 0.15) is 11.9 Å². The number of hydrogen-bond donors (Lipinski definition) is 2. The molecule has 0 aromatic heterocycles. The quantitative estimate of drug-likeness (QED) is 0.781. The van der Waals surface area contributed by atoms with Crippen molar-refractivity contribution in [3.8, 4) is 0 Å². The van der Waals surface area contributed by atoms with Crippen molar-refractivity contribution >= 4 is 23.2 Å². The van der Waals surface area contributed by atoms with Crippen LogP contribution >= 0.6 is 11.6 Å². The van der Waals surface area contributed by atoms with Crippen molar-refractivity contribution in [2.24, 2.45) is 0 Å². The van der Waals surface area contributed by atoms with Gasteiger partial charge in [-0.3, -0.25) is 4.79 Å². The Hall–Kier alpha value is -1.33. The molecule has 6 heteroatoms. The first-order valence-corrected chi connectivity index (χ1v) is 5.90. The van der Waals surface area contributed by atoms with Crippen molar-refractivity contribution in [3.05, 3.63) is 29.0 Å². The number of hydrogen-bond acceptors (Lipinski definition) is 3. The third-order valence-corrected chi connectivity index (χ3v) is 2.54. The van der Waals surface area contributed by atoms with Crippen LogP contribution in [0.5, 0.6) is 0 Å². The number of anilines is 1. The molecule has 1 atom stereocenters. The standard InChI is InChI=1S/C12H16ClFN2O2/c1-8(12(17)15-5-6-18-2)16-11-4-3-9(13)7-10(11)14/h3-4,7-8,16H,5-6H2,1-2H3,(H,15,17). The highest BCUT2D eigenvalue weighted by molar-refractivity contribution is 6.30. The molecule has 0 aliphatic heterocycles. The number of carbonyl (C=O) groups excluding carboxylic acids is 1. The fraction of sp³-hybridized carbons (Fsp3) is 0.417. The van der Waals surface area contributed by atoms with E-state index in [4.69, 9.17) is 16.3 Å². The van der Waals surface area contributed by atoms with E-state index in [2.05, 4.69) is 10.6 Å². The SMILES string of the molecule is COCCNC(=O)C(C)Nc1ccc(Cl)cc1F. The molecule has 0 heterocycles. The van der Waals surface area contributed by atoms with Crippen LogP contribution in [0.1, 0.15) is 6.92 Å². The lowest BCUT2D eigenvalue weighted by Gasteiger charge is -2.15. The molecule has 1 unspecified atom stereocenters. The Morgan fingerprint density at radius 2 is 2.28 bits per heavy atom. The zero-order valence-corrected chi connectivity index (χ0v) is 11.1. The molecule has 0 radical (unpaired) electrons. The highest BCUT2D eigenvalue weighted by atomic mass is 35.5. The van der Waals surface area contributed by atoms with Gasteiger partial charge in [0.2, 0.25) is 5.91 Å². The molecule has 0 saturated heterocycles. The van der Waals surface area contributed by atoms with Crippen molar-refractivity contribution in [1.29, 1.82) is 0 Å². The summed E-state index contributed by atoms with van der Waals surface area (Å²) in [7, 11) is 1.55. The van der Waals surface area contributed by atoms with Crippen LogP contribution in [0.15, 0.2) is 18.2 Å². The molecule has 0 saturated carbocycles. The van der Waals surface area contributed by atoms with Crippen molar-refractivity contribution in [1.82, 2.24) is 5.32 Å². The Morgan fingerprint density at radius 1 is 1.56 bits per heavy atom. The maximum absolute atomic E-state index is 13.5. The van der Waals surface area contributed by atoms with Gasteiger partial charge in [-0.15, -0.1) is 0 Å². The summed E-state index contributed by atoms with van der Waals surface area (Å²) >= 11 is 5.64. The van der Waals surface area contributed by atoms with Gasteiger partial charge in [0.05, 0.1) is 12.3 Å². The minimum atomic E-state index is -0.544. The molecule has 1 aromatic carbocycles. The van der Waals surface area contributed by atoms with Gasteiger partial charge >= 0.3 is 0 Å². The van der Waals surface area contributed by atoms with Crippen LogP contribution in [0.2, 0.25) is 5.02 Å². The largest absolute Gasteiger partial charge is 0.383 e. The van der Waals surface area contributed by atoms with Gasteiger partial charge in [-0.2, -0.15) is 0 Å². The van der Waals surface area contributed by atoms with Gasteiger partial charge in [-0.25, -0.2) is 4.39 Å². The normalized spacial score (nSPS) is 12.0. The van der Waals surface area contributed by atoms with Gasteiger partial charge in [0.15, 0.2) is 0 Å². The highest BCUT2D eigenvalue weighted by Gasteiger charge is 2.13. The summed E-state index contributed by atoms with van der Waals surface area (Å²) in [5.74, 6) is -0.708. The van der Waals surface area contributed by atoms with E-state index in [1.54, 1.807) is 20.1 Å². The van der Waals surface area contributed by atoms with Crippen LogP contribution in [0, 0.1) is 5.82 Å². The molecule has 100 valence electrons. The summed E-state index contributed by atoms with van der Waals surface area (Å²) in [5, 5.41) is 5.75. The Bertz CT molecular complexity index is 415. The van der Waals surface area contributed by atoms with E-state index in [-0.39, 0.29) is 11.6 Å². The molecule has 1 amide bonds. The van der Waals surface area contributed by atoms with Crippen LogP contribution in [-0.4, -0.2) is 32.2 Å². The first-order valence-electron chi connectivity index (χ1n) is 5.53. The van der Waals surface area contributed by atoms with Crippen LogP contribution in [0.25, 0.3) is 0 Å². The average molecular weight is 275 g/mol. The van der Waals surface area contributed by atoms with Gasteiger partial charge in [0.25, 0.3) is 0 Å². The maximum atomic E-state index is 13.5. The van der Waals surface area contributed by atoms with Crippen molar-refractivity contribution in [2.75, 3.05) is 25.6 Å². The van der Waals surface area contributed by atoms with Gasteiger partial charge in [0, 0.05) is 18.7 Å². The average Bonchev–Trinajstić information content (AvgIpc) is 2.32. The number of ether oxygens (including phenoxy) is 1. The van der Waals surface area contributed by atoms with Crippen molar-refractivity contribution < 1.29 is 13.9 Å². The van der Waals surface area contributed by atoms with Gasteiger partial charge < -0.3 is 15.4 Å². The first-order chi connectivity index (χ1) is 8.54. The van der Waals surface area contributed by atoms with Gasteiger partial charge in [-0.1, -0.05) is 11.6 Å². The fourth-order valence-corrected chi connectivity index (χ4v) is 1.49. The second-order valence-electron chi connectivity index (χ2n) is 3.77. The topological polar surface area (TPSA) is 50.4 Å². The third-order valence-electron chi connectivity index (χ3n) is 2.30. The van der Waals surface area contributed by atoms with E-state index in [1.165, 1.54) is 12.1 Å². The number of carbonyl (C=O) groups is 1. The van der Waals surface area contributed by atoms with Crippen LogP contribution in [0.3, 0.4) is 0 Å². The molecule has 1 aromatic rings. The number of rotatable bonds is 6. The molecular weight excluding hydrogens is 259 g/mol. The van der Waals surface area contributed by atoms with E-state index < -0.39 is 11.9 Å². The smallest absolute Gasteiger partial charge is 0.242 e. The summed E-state index contributed by atoms with van der Waals surface area (Å²) in [5.41, 5.74) is 0.244. The summed E-state index contributed by atoms with van der Waals surface area (Å²) in [6.07, 6.45) is 0. The molecule has 0 fully saturated rings. The molecule has 0 aliphatic rings. The summed E-state index contributed by atoms with van der Waals surface area (Å²) < 4.78 is 18.3. The molecule has 4 nitrogen and oxygen atoms in total. The zero-order chi connectivity index (χ0) is 13.5. The van der Waals surface area contributed by atoms with E-state index in [0.29, 0.717) is 18.2 Å². The van der Waals surface area contributed by atoms with E-state index in [9.17, 15) is 9.18 Å². The Kier molecular flexibility index (Phi) is 5.88. The number of amides is 1. The Morgan fingerprint density at radius 3 is 2.89 bits per heavy atom. The predicted octanol–water partition coefficient (Wildman–Crippen LogP) is 2.04.